The number of aliphatic hydroxyl groups excluding tert-OH is 2. The predicted octanol–water partition coefficient (Wildman–Crippen LogP) is 2.29. The van der Waals surface area contributed by atoms with Crippen LogP contribution in [0.3, 0.4) is 0 Å². The summed E-state index contributed by atoms with van der Waals surface area (Å²) in [5.41, 5.74) is -4.14. The number of β-amino-alcohol motifs (C(OH)–C–C–N with tert-alkyl or cyclic N) is 1. The fourth-order valence-electron chi connectivity index (χ4n) is 2.42. The number of amides is 1. The van der Waals surface area contributed by atoms with Gasteiger partial charge in [-0.15, -0.1) is 0 Å². The van der Waals surface area contributed by atoms with E-state index in [9.17, 15) is 41.4 Å². The molecule has 134 valence electrons. The third-order valence-corrected chi connectivity index (χ3v) is 3.72. The largest absolute Gasteiger partial charge is 0.417 e. The lowest BCUT2D eigenvalue weighted by atomic mass is 9.99. The van der Waals surface area contributed by atoms with Gasteiger partial charge in [-0.1, -0.05) is 0 Å². The molecule has 0 spiro atoms. The molecule has 4 nitrogen and oxygen atoms in total. The summed E-state index contributed by atoms with van der Waals surface area (Å²) in [6.07, 6.45) is -12.6. The van der Waals surface area contributed by atoms with Crippen LogP contribution in [0.4, 0.5) is 26.3 Å². The van der Waals surface area contributed by atoms with Gasteiger partial charge in [0.1, 0.15) is 0 Å². The highest BCUT2D eigenvalue weighted by atomic mass is 19.4. The second-order valence-corrected chi connectivity index (χ2v) is 5.43. The van der Waals surface area contributed by atoms with Gasteiger partial charge < -0.3 is 15.1 Å². The number of hydrogen-bond acceptors (Lipinski definition) is 3. The minimum atomic E-state index is -5.15. The third-order valence-electron chi connectivity index (χ3n) is 3.72. The summed E-state index contributed by atoms with van der Waals surface area (Å²) >= 11 is 0. The first-order valence-electron chi connectivity index (χ1n) is 6.85. The van der Waals surface area contributed by atoms with Crippen LogP contribution < -0.4 is 0 Å². The zero-order valence-corrected chi connectivity index (χ0v) is 12.0. The van der Waals surface area contributed by atoms with E-state index >= 15 is 0 Å². The molecule has 2 atom stereocenters. The van der Waals surface area contributed by atoms with Gasteiger partial charge in [-0.05, 0) is 24.6 Å². The number of aliphatic hydroxyl groups is 2. The molecule has 0 aromatic heterocycles. The van der Waals surface area contributed by atoms with Crippen molar-refractivity contribution in [1.29, 1.82) is 0 Å². The van der Waals surface area contributed by atoms with E-state index in [1.165, 1.54) is 0 Å². The highest BCUT2D eigenvalue weighted by Crippen LogP contribution is 2.37. The van der Waals surface area contributed by atoms with Gasteiger partial charge >= 0.3 is 12.4 Å². The average Bonchev–Trinajstić information content (AvgIpc) is 2.47. The Kier molecular flexibility index (Phi) is 4.82. The Morgan fingerprint density at radius 2 is 1.67 bits per heavy atom. The second-order valence-electron chi connectivity index (χ2n) is 5.43. The summed E-state index contributed by atoms with van der Waals surface area (Å²) in [7, 11) is 0. The molecule has 1 aromatic rings. The molecule has 1 aromatic carbocycles. The van der Waals surface area contributed by atoms with E-state index in [-0.39, 0.29) is 19.0 Å². The highest BCUT2D eigenvalue weighted by Gasteiger charge is 2.40. The number of benzene rings is 1. The number of halogens is 6. The minimum Gasteiger partial charge on any atom is -0.390 e. The molecule has 0 aliphatic carbocycles. The molecule has 2 N–H and O–H groups in total. The van der Waals surface area contributed by atoms with Crippen LogP contribution in [0.5, 0.6) is 0 Å². The van der Waals surface area contributed by atoms with Crippen LogP contribution in [0.15, 0.2) is 18.2 Å². The van der Waals surface area contributed by atoms with Crippen LogP contribution in [-0.2, 0) is 12.4 Å². The van der Waals surface area contributed by atoms with E-state index < -0.39 is 53.7 Å². The maximum absolute atomic E-state index is 13.1. The molecule has 1 aliphatic rings. The van der Waals surface area contributed by atoms with Crippen molar-refractivity contribution in [1.82, 2.24) is 4.90 Å². The normalized spacial score (nSPS) is 22.6. The molecular weight excluding hydrogens is 344 g/mol. The second kappa shape index (κ2) is 6.25. The lowest BCUT2D eigenvalue weighted by Crippen LogP contribution is -2.49. The Labute approximate surface area is 132 Å². The number of alkyl halides is 6. The topological polar surface area (TPSA) is 60.8 Å². The van der Waals surface area contributed by atoms with Crippen LogP contribution >= 0.6 is 0 Å². The molecule has 1 saturated heterocycles. The standard InChI is InChI=1S/C14H13F6NO3/c15-13(16,17)7-1-2-8(9(5-7)14(18,19)20)12(24)21-4-3-10(22)11(23)6-21/h1-2,5,10-11,22-23H,3-4,6H2/t10-,11-/m1/s1. The highest BCUT2D eigenvalue weighted by molar-refractivity contribution is 5.96. The first kappa shape index (κ1) is 18.5. The molecule has 0 unspecified atom stereocenters. The van der Waals surface area contributed by atoms with Crippen molar-refractivity contribution in [2.75, 3.05) is 13.1 Å². The van der Waals surface area contributed by atoms with Crippen molar-refractivity contribution in [3.63, 3.8) is 0 Å². The molecular formula is C14H13F6NO3. The molecule has 0 bridgehead atoms. The van der Waals surface area contributed by atoms with E-state index in [4.69, 9.17) is 0 Å². The summed E-state index contributed by atoms with van der Waals surface area (Å²) in [5, 5.41) is 18.9. The van der Waals surface area contributed by atoms with Crippen molar-refractivity contribution in [3.05, 3.63) is 34.9 Å². The van der Waals surface area contributed by atoms with Crippen molar-refractivity contribution in [2.45, 2.75) is 31.0 Å². The summed E-state index contributed by atoms with van der Waals surface area (Å²) in [5.74, 6) is -1.15. The summed E-state index contributed by atoms with van der Waals surface area (Å²) in [4.78, 5) is 13.1. The number of nitrogens with zero attached hydrogens (tertiary/aromatic N) is 1. The number of rotatable bonds is 1. The number of carbonyl (C=O) groups excluding carboxylic acids is 1. The first-order valence-corrected chi connectivity index (χ1v) is 6.85. The predicted molar refractivity (Wildman–Crippen MR) is 69.0 cm³/mol. The molecule has 10 heteroatoms. The zero-order valence-electron chi connectivity index (χ0n) is 12.0. The Hall–Kier alpha value is -1.81. The molecule has 0 saturated carbocycles. The van der Waals surface area contributed by atoms with Gasteiger partial charge in [0.05, 0.1) is 28.9 Å². The number of likely N-dealkylation sites (tertiary alicyclic amines) is 1. The summed E-state index contributed by atoms with van der Waals surface area (Å²) in [6.45, 7) is -0.520. The molecule has 0 radical (unpaired) electrons. The van der Waals surface area contributed by atoms with Crippen LogP contribution in [0.2, 0.25) is 0 Å². The van der Waals surface area contributed by atoms with Gasteiger partial charge in [0.15, 0.2) is 0 Å². The lowest BCUT2D eigenvalue weighted by molar-refractivity contribution is -0.143. The molecule has 24 heavy (non-hydrogen) atoms. The van der Waals surface area contributed by atoms with E-state index in [0.717, 1.165) is 4.90 Å². The number of carbonyl (C=O) groups is 1. The van der Waals surface area contributed by atoms with E-state index in [1.54, 1.807) is 0 Å². The van der Waals surface area contributed by atoms with Crippen LogP contribution in [0.1, 0.15) is 27.9 Å². The average molecular weight is 357 g/mol. The maximum atomic E-state index is 13.1. The molecule has 1 heterocycles. The summed E-state index contributed by atoms with van der Waals surface area (Å²) < 4.78 is 77.0. The molecule has 1 fully saturated rings. The Morgan fingerprint density at radius 3 is 2.17 bits per heavy atom. The van der Waals surface area contributed by atoms with Gasteiger partial charge in [-0.25, -0.2) is 0 Å². The fourth-order valence-corrected chi connectivity index (χ4v) is 2.42. The lowest BCUT2D eigenvalue weighted by Gasteiger charge is -2.34. The van der Waals surface area contributed by atoms with Crippen molar-refractivity contribution in [2.24, 2.45) is 0 Å². The zero-order chi connectivity index (χ0) is 18.3. The SMILES string of the molecule is O=C(c1ccc(C(F)(F)F)cc1C(F)(F)F)N1CC[C@@H](O)[C@H](O)C1. The van der Waals surface area contributed by atoms with Crippen LogP contribution in [0.25, 0.3) is 0 Å². The van der Waals surface area contributed by atoms with Gasteiger partial charge in [-0.2, -0.15) is 26.3 Å². The number of piperidine rings is 1. The van der Waals surface area contributed by atoms with Gasteiger partial charge in [-0.3, -0.25) is 4.79 Å². The Morgan fingerprint density at radius 1 is 1.04 bits per heavy atom. The summed E-state index contributed by atoms with van der Waals surface area (Å²) in [6, 6.07) is 0.769. The van der Waals surface area contributed by atoms with Crippen molar-refractivity contribution < 1.29 is 41.4 Å². The molecule has 1 aliphatic heterocycles. The first-order chi connectivity index (χ1) is 10.9. The van der Waals surface area contributed by atoms with E-state index in [2.05, 4.69) is 0 Å². The van der Waals surface area contributed by atoms with Gasteiger partial charge in [0, 0.05) is 13.1 Å². The van der Waals surface area contributed by atoms with Crippen LogP contribution in [0, 0.1) is 0 Å². The van der Waals surface area contributed by atoms with Crippen molar-refractivity contribution >= 4 is 5.91 Å². The van der Waals surface area contributed by atoms with E-state index in [0.29, 0.717) is 12.1 Å². The van der Waals surface area contributed by atoms with E-state index in [1.807, 2.05) is 0 Å². The Balaban J connectivity index is 2.40. The van der Waals surface area contributed by atoms with Gasteiger partial charge in [0.25, 0.3) is 5.91 Å². The molecule has 1 amide bonds. The van der Waals surface area contributed by atoms with Crippen LogP contribution in [-0.4, -0.2) is 46.3 Å². The third kappa shape index (κ3) is 3.81. The van der Waals surface area contributed by atoms with Crippen molar-refractivity contribution in [3.8, 4) is 0 Å². The monoisotopic (exact) mass is 357 g/mol. The maximum Gasteiger partial charge on any atom is 0.417 e. The fraction of sp³-hybridized carbons (Fsp3) is 0.500. The Bertz CT molecular complexity index is 628. The molecule has 2 rings (SSSR count). The van der Waals surface area contributed by atoms with Gasteiger partial charge in [0.2, 0.25) is 0 Å². The quantitative estimate of drug-likeness (QED) is 0.759. The smallest absolute Gasteiger partial charge is 0.390 e. The number of hydrogen-bond donors (Lipinski definition) is 2. The minimum absolute atomic E-state index is 0.0467.